The molecule has 1 aliphatic carbocycles. The molecule has 96 valence electrons. The highest BCUT2D eigenvalue weighted by atomic mass is 14.9. The van der Waals surface area contributed by atoms with Crippen molar-refractivity contribution in [2.24, 2.45) is 0 Å². The Kier molecular flexibility index (Phi) is 5.82. The summed E-state index contributed by atoms with van der Waals surface area (Å²) in [5.74, 6) is 6.51. The smallest absolute Gasteiger partial charge is 0.138 e. The average Bonchev–Trinajstić information content (AvgIpc) is 2.38. The molecule has 1 fully saturated rings. The topological polar surface area (TPSA) is 16.6 Å². The maximum atomic E-state index is 3.28. The van der Waals surface area contributed by atoms with Crippen LogP contribution in [-0.2, 0) is 0 Å². The van der Waals surface area contributed by atoms with Gasteiger partial charge in [-0.2, -0.15) is 0 Å². The van der Waals surface area contributed by atoms with Gasteiger partial charge in [0.1, 0.15) is 6.54 Å². The minimum Gasteiger partial charge on any atom is -0.334 e. The van der Waals surface area contributed by atoms with Gasteiger partial charge in [-0.15, -0.1) is 0 Å². The van der Waals surface area contributed by atoms with Crippen LogP contribution in [0.2, 0.25) is 0 Å². The minimum absolute atomic E-state index is 0.815. The lowest BCUT2D eigenvalue weighted by Crippen LogP contribution is -2.89. The lowest BCUT2D eigenvalue weighted by Gasteiger charge is -2.16. The van der Waals surface area contributed by atoms with Crippen LogP contribution in [0.15, 0.2) is 30.3 Å². The molecule has 1 aromatic rings. The molecule has 1 aliphatic rings. The lowest BCUT2D eigenvalue weighted by molar-refractivity contribution is -0.681. The fraction of sp³-hybridized carbons (Fsp3) is 0.529. The molecule has 1 heteroatoms. The fourth-order valence-electron chi connectivity index (χ4n) is 2.62. The van der Waals surface area contributed by atoms with Crippen molar-refractivity contribution in [3.8, 4) is 11.8 Å². The summed E-state index contributed by atoms with van der Waals surface area (Å²) in [5.41, 5.74) is 1.13. The van der Waals surface area contributed by atoms with E-state index in [2.05, 4.69) is 29.3 Å². The molecule has 0 aliphatic heterocycles. The van der Waals surface area contributed by atoms with E-state index in [4.69, 9.17) is 0 Å². The first-order chi connectivity index (χ1) is 8.95. The van der Waals surface area contributed by atoms with Crippen molar-refractivity contribution < 1.29 is 5.32 Å². The summed E-state index contributed by atoms with van der Waals surface area (Å²) in [6.45, 7) is 0.944. The van der Waals surface area contributed by atoms with E-state index in [-0.39, 0.29) is 0 Å². The average molecular weight is 242 g/mol. The van der Waals surface area contributed by atoms with Crippen LogP contribution in [0.3, 0.4) is 0 Å². The second-order valence-corrected chi connectivity index (χ2v) is 5.21. The molecular formula is C17H24N+. The molecule has 2 rings (SSSR count). The molecule has 0 saturated heterocycles. The Hall–Kier alpha value is -1.26. The molecule has 0 heterocycles. The Balaban J connectivity index is 1.72. The third-order valence-corrected chi connectivity index (χ3v) is 3.71. The summed E-state index contributed by atoms with van der Waals surface area (Å²) in [6, 6.07) is 11.1. The number of hydrogen-bond acceptors (Lipinski definition) is 0. The number of rotatable bonds is 2. The Morgan fingerprint density at radius 3 is 2.33 bits per heavy atom. The van der Waals surface area contributed by atoms with Crippen molar-refractivity contribution in [2.45, 2.75) is 51.0 Å². The van der Waals surface area contributed by atoms with E-state index in [1.165, 1.54) is 44.9 Å². The maximum Gasteiger partial charge on any atom is 0.138 e. The third kappa shape index (κ3) is 4.94. The highest BCUT2D eigenvalue weighted by molar-refractivity contribution is 5.33. The second-order valence-electron chi connectivity index (χ2n) is 5.21. The van der Waals surface area contributed by atoms with Gasteiger partial charge >= 0.3 is 0 Å². The van der Waals surface area contributed by atoms with Gasteiger partial charge in [0, 0.05) is 5.56 Å². The zero-order valence-corrected chi connectivity index (χ0v) is 11.2. The van der Waals surface area contributed by atoms with Gasteiger partial charge in [-0.1, -0.05) is 43.4 Å². The predicted molar refractivity (Wildman–Crippen MR) is 76.2 cm³/mol. The molecule has 18 heavy (non-hydrogen) atoms. The van der Waals surface area contributed by atoms with Crippen LogP contribution in [0, 0.1) is 11.8 Å². The van der Waals surface area contributed by atoms with E-state index in [1.54, 1.807) is 0 Å². The molecule has 1 nitrogen and oxygen atoms in total. The van der Waals surface area contributed by atoms with Gasteiger partial charge in [0.2, 0.25) is 0 Å². The van der Waals surface area contributed by atoms with E-state index < -0.39 is 0 Å². The van der Waals surface area contributed by atoms with Crippen LogP contribution in [0.5, 0.6) is 0 Å². The number of hydrogen-bond donors (Lipinski definition) is 1. The van der Waals surface area contributed by atoms with Gasteiger partial charge in [-0.05, 0) is 43.7 Å². The molecular weight excluding hydrogens is 218 g/mol. The van der Waals surface area contributed by atoms with Crippen molar-refractivity contribution in [2.75, 3.05) is 6.54 Å². The van der Waals surface area contributed by atoms with Crippen LogP contribution in [0.4, 0.5) is 0 Å². The largest absolute Gasteiger partial charge is 0.334 e. The van der Waals surface area contributed by atoms with Crippen molar-refractivity contribution in [1.82, 2.24) is 0 Å². The fourth-order valence-corrected chi connectivity index (χ4v) is 2.62. The Morgan fingerprint density at radius 2 is 1.61 bits per heavy atom. The van der Waals surface area contributed by atoms with Crippen LogP contribution < -0.4 is 5.32 Å². The highest BCUT2D eigenvalue weighted by Gasteiger charge is 2.12. The Labute approximate surface area is 111 Å². The first-order valence-corrected chi connectivity index (χ1v) is 7.32. The normalized spacial score (nSPS) is 17.3. The first-order valence-electron chi connectivity index (χ1n) is 7.32. The number of nitrogens with two attached hydrogens (primary N) is 1. The summed E-state index contributed by atoms with van der Waals surface area (Å²) in [4.78, 5) is 0. The molecule has 1 saturated carbocycles. The van der Waals surface area contributed by atoms with Gasteiger partial charge in [0.05, 0.1) is 6.04 Å². The number of benzene rings is 1. The zero-order chi connectivity index (χ0) is 12.5. The molecule has 0 spiro atoms. The molecule has 0 radical (unpaired) electrons. The van der Waals surface area contributed by atoms with Crippen molar-refractivity contribution >= 4 is 0 Å². The van der Waals surface area contributed by atoms with Gasteiger partial charge in [-0.3, -0.25) is 0 Å². The van der Waals surface area contributed by atoms with Gasteiger partial charge in [0.15, 0.2) is 0 Å². The van der Waals surface area contributed by atoms with E-state index in [0.29, 0.717) is 0 Å². The van der Waals surface area contributed by atoms with Crippen molar-refractivity contribution in [3.05, 3.63) is 35.9 Å². The standard InChI is InChI=1S/C17H23N/c1-2-7-13-17(14-8-3-1)18-15-9-12-16-10-5-4-6-11-16/h4-6,10-11,17-18H,1-3,7-8,13-15H2/p+1. The van der Waals surface area contributed by atoms with E-state index >= 15 is 0 Å². The van der Waals surface area contributed by atoms with Crippen LogP contribution >= 0.6 is 0 Å². The summed E-state index contributed by atoms with van der Waals surface area (Å²) in [5, 5.41) is 2.45. The highest BCUT2D eigenvalue weighted by Crippen LogP contribution is 2.14. The van der Waals surface area contributed by atoms with E-state index in [1.807, 2.05) is 18.2 Å². The number of quaternary nitrogens is 1. The minimum atomic E-state index is 0.815. The molecule has 0 amide bonds. The van der Waals surface area contributed by atoms with Gasteiger partial charge in [-0.25, -0.2) is 0 Å². The van der Waals surface area contributed by atoms with Crippen molar-refractivity contribution in [1.29, 1.82) is 0 Å². The van der Waals surface area contributed by atoms with Crippen LogP contribution in [0.1, 0.15) is 50.5 Å². The molecule has 2 N–H and O–H groups in total. The maximum absolute atomic E-state index is 3.28. The third-order valence-electron chi connectivity index (χ3n) is 3.71. The molecule has 0 aromatic heterocycles. The predicted octanol–water partition coefficient (Wildman–Crippen LogP) is 2.71. The van der Waals surface area contributed by atoms with Gasteiger partial charge < -0.3 is 5.32 Å². The van der Waals surface area contributed by atoms with Crippen LogP contribution in [0.25, 0.3) is 0 Å². The molecule has 0 unspecified atom stereocenters. The Morgan fingerprint density at radius 1 is 0.944 bits per heavy atom. The van der Waals surface area contributed by atoms with Gasteiger partial charge in [0.25, 0.3) is 0 Å². The molecule has 0 atom stereocenters. The summed E-state index contributed by atoms with van der Waals surface area (Å²) in [6.07, 6.45) is 9.89. The van der Waals surface area contributed by atoms with E-state index in [0.717, 1.165) is 18.2 Å². The monoisotopic (exact) mass is 242 g/mol. The molecule has 1 aromatic carbocycles. The SMILES string of the molecule is C(#Cc1ccccc1)C[NH2+]C1CCCCCCC1. The zero-order valence-electron chi connectivity index (χ0n) is 11.2. The quantitative estimate of drug-likeness (QED) is 0.768. The van der Waals surface area contributed by atoms with Crippen LogP contribution in [-0.4, -0.2) is 12.6 Å². The Bertz CT molecular complexity index is 377. The summed E-state index contributed by atoms with van der Waals surface area (Å²) in [7, 11) is 0. The lowest BCUT2D eigenvalue weighted by atomic mass is 9.97. The van der Waals surface area contributed by atoms with Crippen molar-refractivity contribution in [3.63, 3.8) is 0 Å². The first kappa shape index (κ1) is 13.2. The summed E-state index contributed by atoms with van der Waals surface area (Å²) >= 11 is 0. The molecule has 0 bridgehead atoms. The second kappa shape index (κ2) is 7.95. The summed E-state index contributed by atoms with van der Waals surface area (Å²) < 4.78 is 0. The van der Waals surface area contributed by atoms with E-state index in [9.17, 15) is 0 Å².